The van der Waals surface area contributed by atoms with E-state index in [1.54, 1.807) is 0 Å². The normalized spacial score (nSPS) is 11.9. The maximum atomic E-state index is 12.3. The average Bonchev–Trinajstić information content (AvgIpc) is 3.25. The molecule has 0 aromatic heterocycles. The SMILES string of the molecule is CN(C)CCC(=O)OCc1cc(OCCCCCCCCC=CCC=CCCCCCCCC(=O)O)cc(OCCCCCCCCC=CCC=CCCCCCCCC(=O)O)c1. The lowest BCUT2D eigenvalue weighted by Gasteiger charge is -2.13. The molecule has 358 valence electrons. The van der Waals surface area contributed by atoms with E-state index >= 15 is 0 Å². The summed E-state index contributed by atoms with van der Waals surface area (Å²) in [6.45, 7) is 2.18. The Labute approximate surface area is 383 Å². The van der Waals surface area contributed by atoms with Crippen molar-refractivity contribution >= 4 is 17.9 Å². The van der Waals surface area contributed by atoms with E-state index in [-0.39, 0.29) is 12.6 Å². The quantitative estimate of drug-likeness (QED) is 0.0374. The van der Waals surface area contributed by atoms with E-state index in [1.807, 2.05) is 37.2 Å². The predicted octanol–water partition coefficient (Wildman–Crippen LogP) is 14.5. The molecule has 9 nitrogen and oxygen atoms in total. The number of aliphatic carboxylic acids is 2. The van der Waals surface area contributed by atoms with Gasteiger partial charge in [0.2, 0.25) is 0 Å². The van der Waals surface area contributed by atoms with E-state index in [0.29, 0.717) is 39.0 Å². The van der Waals surface area contributed by atoms with Gasteiger partial charge in [-0.2, -0.15) is 0 Å². The van der Waals surface area contributed by atoms with Gasteiger partial charge in [-0.25, -0.2) is 0 Å². The summed E-state index contributed by atoms with van der Waals surface area (Å²) in [4.78, 5) is 35.4. The molecule has 1 aromatic carbocycles. The summed E-state index contributed by atoms with van der Waals surface area (Å²) >= 11 is 0. The molecular weight excluding hydrogens is 791 g/mol. The molecule has 0 saturated heterocycles. The summed E-state index contributed by atoms with van der Waals surface area (Å²) < 4.78 is 17.9. The molecular formula is C54H89NO8. The molecule has 0 aliphatic rings. The molecule has 0 bridgehead atoms. The first-order chi connectivity index (χ1) is 30.8. The van der Waals surface area contributed by atoms with Crippen molar-refractivity contribution < 1.29 is 38.8 Å². The van der Waals surface area contributed by atoms with Crippen molar-refractivity contribution in [3.05, 3.63) is 72.4 Å². The number of rotatable bonds is 45. The summed E-state index contributed by atoms with van der Waals surface area (Å²) in [6, 6.07) is 5.90. The minimum Gasteiger partial charge on any atom is -0.493 e. The lowest BCUT2D eigenvalue weighted by molar-refractivity contribution is -0.145. The highest BCUT2D eigenvalue weighted by Gasteiger charge is 2.09. The maximum Gasteiger partial charge on any atom is 0.307 e. The second-order valence-corrected chi connectivity index (χ2v) is 17.3. The molecule has 0 amide bonds. The van der Waals surface area contributed by atoms with Gasteiger partial charge in [-0.1, -0.05) is 138 Å². The zero-order valence-corrected chi connectivity index (χ0v) is 39.9. The molecule has 0 unspecified atom stereocenters. The summed E-state index contributed by atoms with van der Waals surface area (Å²) in [5.74, 6) is -0.0507. The van der Waals surface area contributed by atoms with Gasteiger partial charge in [0.25, 0.3) is 0 Å². The number of allylic oxidation sites excluding steroid dienone is 8. The molecule has 0 heterocycles. The fraction of sp³-hybridized carbons (Fsp3) is 0.685. The largest absolute Gasteiger partial charge is 0.493 e. The molecule has 1 aromatic rings. The second-order valence-electron chi connectivity index (χ2n) is 17.3. The second kappa shape index (κ2) is 43.4. The van der Waals surface area contributed by atoms with E-state index in [4.69, 9.17) is 24.4 Å². The zero-order valence-electron chi connectivity index (χ0n) is 39.9. The number of carboxylic acid groups (broad SMARTS) is 2. The maximum absolute atomic E-state index is 12.3. The molecule has 1 rings (SSSR count). The molecule has 0 radical (unpaired) electrons. The lowest BCUT2D eigenvalue weighted by Crippen LogP contribution is -2.17. The zero-order chi connectivity index (χ0) is 45.7. The molecule has 9 heteroatoms. The van der Waals surface area contributed by atoms with Crippen molar-refractivity contribution in [2.75, 3.05) is 33.9 Å². The molecule has 0 saturated carbocycles. The first-order valence-electron chi connectivity index (χ1n) is 25.0. The molecule has 0 fully saturated rings. The van der Waals surface area contributed by atoms with Gasteiger partial charge in [-0.15, -0.1) is 0 Å². The number of carbonyl (C=O) groups is 3. The van der Waals surface area contributed by atoms with Gasteiger partial charge in [0, 0.05) is 25.5 Å². The number of carboxylic acids is 2. The number of nitrogens with zero attached hydrogens (tertiary/aromatic N) is 1. The van der Waals surface area contributed by atoms with Crippen LogP contribution in [0.25, 0.3) is 0 Å². The van der Waals surface area contributed by atoms with Crippen LogP contribution in [-0.4, -0.2) is 66.9 Å². The minimum atomic E-state index is -0.688. The van der Waals surface area contributed by atoms with Crippen LogP contribution in [0.3, 0.4) is 0 Å². The first kappa shape index (κ1) is 57.2. The molecule has 0 aliphatic carbocycles. The summed E-state index contributed by atoms with van der Waals surface area (Å²) in [5.41, 5.74) is 0.882. The van der Waals surface area contributed by atoms with E-state index in [1.165, 1.54) is 77.0 Å². The van der Waals surface area contributed by atoms with E-state index in [2.05, 4.69) is 48.6 Å². The van der Waals surface area contributed by atoms with Crippen LogP contribution >= 0.6 is 0 Å². The Morgan fingerprint density at radius 1 is 0.460 bits per heavy atom. The fourth-order valence-corrected chi connectivity index (χ4v) is 7.11. The number of carbonyl (C=O) groups excluding carboxylic acids is 1. The summed E-state index contributed by atoms with van der Waals surface area (Å²) in [5, 5.41) is 17.4. The van der Waals surface area contributed by atoms with E-state index in [0.717, 1.165) is 120 Å². The number of unbranched alkanes of at least 4 members (excludes halogenated alkanes) is 22. The molecule has 0 spiro atoms. The standard InChI is InChI=1S/C54H89NO8/c1-55(2)42-41-54(60)63-48-49-45-50(61-43-37-33-29-25-21-17-13-9-5-3-7-11-15-19-23-27-31-35-39-52(56)57)47-51(46-49)62-44-38-34-30-26-22-18-14-10-6-4-8-12-16-20-24-28-32-36-40-53(58)59/h5-12,45-47H,3-4,13-44,48H2,1-2H3,(H,56,57)(H,58,59). The Morgan fingerprint density at radius 2 is 0.810 bits per heavy atom. The highest BCUT2D eigenvalue weighted by molar-refractivity contribution is 5.69. The monoisotopic (exact) mass is 880 g/mol. The molecule has 2 N–H and O–H groups in total. The Kier molecular flexibility index (Phi) is 39.4. The average molecular weight is 880 g/mol. The van der Waals surface area contributed by atoms with Gasteiger partial charge < -0.3 is 29.3 Å². The Morgan fingerprint density at radius 3 is 1.17 bits per heavy atom. The summed E-state index contributed by atoms with van der Waals surface area (Å²) in [6.07, 6.45) is 50.5. The number of esters is 1. The molecule has 0 aliphatic heterocycles. The third-order valence-electron chi connectivity index (χ3n) is 10.9. The highest BCUT2D eigenvalue weighted by atomic mass is 16.5. The van der Waals surface area contributed by atoms with Crippen molar-refractivity contribution in [2.45, 2.75) is 206 Å². The minimum absolute atomic E-state index is 0.205. The van der Waals surface area contributed by atoms with E-state index in [9.17, 15) is 14.4 Å². The van der Waals surface area contributed by atoms with Gasteiger partial charge >= 0.3 is 17.9 Å². The van der Waals surface area contributed by atoms with Crippen molar-refractivity contribution in [3.8, 4) is 11.5 Å². The fourth-order valence-electron chi connectivity index (χ4n) is 7.11. The summed E-state index contributed by atoms with van der Waals surface area (Å²) in [7, 11) is 3.90. The predicted molar refractivity (Wildman–Crippen MR) is 261 cm³/mol. The van der Waals surface area contributed by atoms with Crippen molar-refractivity contribution in [3.63, 3.8) is 0 Å². The van der Waals surface area contributed by atoms with Crippen LogP contribution < -0.4 is 9.47 Å². The van der Waals surface area contributed by atoms with Crippen LogP contribution in [0.2, 0.25) is 0 Å². The molecule has 0 atom stereocenters. The van der Waals surface area contributed by atoms with Crippen LogP contribution in [0.5, 0.6) is 11.5 Å². The van der Waals surface area contributed by atoms with Crippen LogP contribution in [-0.2, 0) is 25.7 Å². The Bertz CT molecular complexity index is 1300. The Hall–Kier alpha value is -3.85. The number of benzene rings is 1. The van der Waals surface area contributed by atoms with Gasteiger partial charge in [-0.05, 0) is 122 Å². The van der Waals surface area contributed by atoms with Gasteiger partial charge in [0.15, 0.2) is 0 Å². The Balaban J connectivity index is 2.22. The van der Waals surface area contributed by atoms with Crippen molar-refractivity contribution in [1.82, 2.24) is 4.90 Å². The lowest BCUT2D eigenvalue weighted by atomic mass is 10.1. The van der Waals surface area contributed by atoms with E-state index < -0.39 is 11.9 Å². The number of hydrogen-bond donors (Lipinski definition) is 2. The van der Waals surface area contributed by atoms with Gasteiger partial charge in [0.05, 0.1) is 19.6 Å². The van der Waals surface area contributed by atoms with Gasteiger partial charge in [0.1, 0.15) is 18.1 Å². The van der Waals surface area contributed by atoms with Crippen LogP contribution in [0.15, 0.2) is 66.8 Å². The van der Waals surface area contributed by atoms with Crippen LogP contribution in [0, 0.1) is 0 Å². The van der Waals surface area contributed by atoms with Crippen LogP contribution in [0.4, 0.5) is 0 Å². The first-order valence-corrected chi connectivity index (χ1v) is 25.0. The third kappa shape index (κ3) is 41.9. The number of hydrogen-bond acceptors (Lipinski definition) is 7. The van der Waals surface area contributed by atoms with Crippen molar-refractivity contribution in [2.24, 2.45) is 0 Å². The smallest absolute Gasteiger partial charge is 0.307 e. The highest BCUT2D eigenvalue weighted by Crippen LogP contribution is 2.25. The van der Waals surface area contributed by atoms with Gasteiger partial charge in [-0.3, -0.25) is 14.4 Å². The number of ether oxygens (including phenoxy) is 3. The molecule has 63 heavy (non-hydrogen) atoms. The third-order valence-corrected chi connectivity index (χ3v) is 10.9. The van der Waals surface area contributed by atoms with Crippen molar-refractivity contribution in [1.29, 1.82) is 0 Å². The topological polar surface area (TPSA) is 123 Å². The van der Waals surface area contributed by atoms with Crippen LogP contribution in [0.1, 0.15) is 205 Å².